The standard InChI is InChI=1S/C18H20FN5O2/c1-3-17(25)24-7-12(14-8-23(2)10-20-14)15(9-24)22-18-21-13-6-11(19)4-5-16(13)26-18/h4-6,8,10,12,15H,3,7,9H2,1-2H3,(H,21,22)/t12-,15+/m0/s1. The van der Waals surface area contributed by atoms with Gasteiger partial charge in [-0.25, -0.2) is 9.37 Å². The lowest BCUT2D eigenvalue weighted by Gasteiger charge is -2.16. The van der Waals surface area contributed by atoms with Gasteiger partial charge in [-0.2, -0.15) is 4.98 Å². The van der Waals surface area contributed by atoms with Gasteiger partial charge in [0, 0.05) is 44.7 Å². The van der Waals surface area contributed by atoms with Gasteiger partial charge in [-0.05, 0) is 12.1 Å². The Labute approximate surface area is 149 Å². The van der Waals surface area contributed by atoms with Gasteiger partial charge >= 0.3 is 0 Å². The van der Waals surface area contributed by atoms with Gasteiger partial charge in [0.15, 0.2) is 5.58 Å². The number of carbonyl (C=O) groups excluding carboxylic acids is 1. The fourth-order valence-corrected chi connectivity index (χ4v) is 3.42. The Morgan fingerprint density at radius 3 is 3.00 bits per heavy atom. The van der Waals surface area contributed by atoms with Crippen molar-refractivity contribution in [1.29, 1.82) is 0 Å². The average Bonchev–Trinajstić information content (AvgIpc) is 3.32. The number of fused-ring (bicyclic) bond motifs is 1. The van der Waals surface area contributed by atoms with Crippen LogP contribution in [-0.2, 0) is 11.8 Å². The second-order valence-electron chi connectivity index (χ2n) is 6.60. The first-order chi connectivity index (χ1) is 12.5. The third-order valence-corrected chi connectivity index (χ3v) is 4.74. The van der Waals surface area contributed by atoms with Crippen molar-refractivity contribution in [3.05, 3.63) is 42.2 Å². The van der Waals surface area contributed by atoms with E-state index in [9.17, 15) is 9.18 Å². The van der Waals surface area contributed by atoms with Gasteiger partial charge in [0.2, 0.25) is 5.91 Å². The van der Waals surface area contributed by atoms with Crippen LogP contribution in [0, 0.1) is 5.82 Å². The number of benzene rings is 1. The molecule has 1 amide bonds. The largest absolute Gasteiger partial charge is 0.424 e. The molecule has 1 aliphatic rings. The number of halogens is 1. The monoisotopic (exact) mass is 357 g/mol. The third kappa shape index (κ3) is 3.02. The minimum absolute atomic E-state index is 0.0263. The summed E-state index contributed by atoms with van der Waals surface area (Å²) in [6.45, 7) is 2.99. The zero-order valence-corrected chi connectivity index (χ0v) is 14.6. The Hall–Kier alpha value is -2.90. The van der Waals surface area contributed by atoms with E-state index < -0.39 is 0 Å². The number of likely N-dealkylation sites (tertiary alicyclic amines) is 1. The number of amides is 1. The fourth-order valence-electron chi connectivity index (χ4n) is 3.42. The molecule has 1 aromatic carbocycles. The molecule has 1 aliphatic heterocycles. The van der Waals surface area contributed by atoms with Crippen molar-refractivity contribution in [1.82, 2.24) is 19.4 Å². The Bertz CT molecular complexity index is 950. The topological polar surface area (TPSA) is 76.2 Å². The van der Waals surface area contributed by atoms with Crippen molar-refractivity contribution in [3.8, 4) is 0 Å². The second kappa shape index (κ2) is 6.44. The zero-order chi connectivity index (χ0) is 18.3. The highest BCUT2D eigenvalue weighted by atomic mass is 19.1. The lowest BCUT2D eigenvalue weighted by atomic mass is 10.0. The van der Waals surface area contributed by atoms with Gasteiger partial charge in [0.25, 0.3) is 6.01 Å². The Balaban J connectivity index is 1.61. The van der Waals surface area contributed by atoms with E-state index in [0.29, 0.717) is 36.6 Å². The predicted octanol–water partition coefficient (Wildman–Crippen LogP) is 2.52. The first-order valence-corrected chi connectivity index (χ1v) is 8.61. The van der Waals surface area contributed by atoms with Gasteiger partial charge in [-0.15, -0.1) is 0 Å². The molecule has 0 spiro atoms. The first kappa shape index (κ1) is 16.6. The molecule has 0 bridgehead atoms. The molecule has 26 heavy (non-hydrogen) atoms. The highest BCUT2D eigenvalue weighted by Crippen LogP contribution is 2.30. The van der Waals surface area contributed by atoms with Crippen molar-refractivity contribution < 1.29 is 13.6 Å². The summed E-state index contributed by atoms with van der Waals surface area (Å²) in [6.07, 6.45) is 4.17. The molecule has 7 nitrogen and oxygen atoms in total. The quantitative estimate of drug-likeness (QED) is 0.776. The molecule has 2 atom stereocenters. The Morgan fingerprint density at radius 1 is 1.42 bits per heavy atom. The zero-order valence-electron chi connectivity index (χ0n) is 14.6. The highest BCUT2D eigenvalue weighted by molar-refractivity contribution is 5.77. The molecule has 0 unspecified atom stereocenters. The summed E-state index contributed by atoms with van der Waals surface area (Å²) in [5.74, 6) is -0.224. The van der Waals surface area contributed by atoms with Crippen LogP contribution in [0.2, 0.25) is 0 Å². The van der Waals surface area contributed by atoms with E-state index in [1.807, 2.05) is 29.6 Å². The van der Waals surface area contributed by atoms with Crippen molar-refractivity contribution in [2.75, 3.05) is 18.4 Å². The van der Waals surface area contributed by atoms with Crippen LogP contribution in [0.4, 0.5) is 10.4 Å². The fraction of sp³-hybridized carbons (Fsp3) is 0.389. The SMILES string of the molecule is CCC(=O)N1C[C@@H](Nc2nc3cc(F)ccc3o2)[C@H](c2cn(C)cn2)C1. The molecule has 0 radical (unpaired) electrons. The number of rotatable bonds is 4. The molecule has 1 N–H and O–H groups in total. The van der Waals surface area contributed by atoms with Crippen molar-refractivity contribution in [2.24, 2.45) is 7.05 Å². The molecular formula is C18H20FN5O2. The summed E-state index contributed by atoms with van der Waals surface area (Å²) in [4.78, 5) is 22.8. The number of aromatic nitrogens is 3. The molecule has 2 aromatic heterocycles. The summed E-state index contributed by atoms with van der Waals surface area (Å²) in [6, 6.07) is 4.47. The van der Waals surface area contributed by atoms with Crippen LogP contribution in [0.15, 0.2) is 35.1 Å². The van der Waals surface area contributed by atoms with E-state index in [1.165, 1.54) is 12.1 Å². The molecule has 1 fully saturated rings. The number of imidazole rings is 1. The Morgan fingerprint density at radius 2 is 2.27 bits per heavy atom. The highest BCUT2D eigenvalue weighted by Gasteiger charge is 2.37. The number of carbonyl (C=O) groups is 1. The van der Waals surface area contributed by atoms with Crippen molar-refractivity contribution >= 4 is 23.0 Å². The molecule has 4 rings (SSSR count). The van der Waals surface area contributed by atoms with Crippen LogP contribution in [0.25, 0.3) is 11.1 Å². The molecule has 0 saturated carbocycles. The summed E-state index contributed by atoms with van der Waals surface area (Å²) in [5.41, 5.74) is 1.89. The van der Waals surface area contributed by atoms with Gasteiger partial charge < -0.3 is 19.2 Å². The average molecular weight is 357 g/mol. The van der Waals surface area contributed by atoms with Crippen molar-refractivity contribution in [3.63, 3.8) is 0 Å². The minimum atomic E-state index is -0.357. The molecule has 136 valence electrons. The van der Waals surface area contributed by atoms with Crippen LogP contribution >= 0.6 is 0 Å². The van der Waals surface area contributed by atoms with E-state index in [2.05, 4.69) is 15.3 Å². The summed E-state index contributed by atoms with van der Waals surface area (Å²) < 4.78 is 20.9. The van der Waals surface area contributed by atoms with Crippen LogP contribution in [0.1, 0.15) is 25.0 Å². The molecular weight excluding hydrogens is 337 g/mol. The van der Waals surface area contributed by atoms with E-state index in [1.54, 1.807) is 12.4 Å². The number of aryl methyl sites for hydroxylation is 1. The van der Waals surface area contributed by atoms with Crippen LogP contribution < -0.4 is 5.32 Å². The molecule has 0 aliphatic carbocycles. The molecule has 8 heteroatoms. The van der Waals surface area contributed by atoms with E-state index >= 15 is 0 Å². The summed E-state index contributed by atoms with van der Waals surface area (Å²) >= 11 is 0. The molecule has 1 saturated heterocycles. The number of nitrogens with zero attached hydrogens (tertiary/aromatic N) is 4. The molecule has 3 aromatic rings. The Kier molecular flexibility index (Phi) is 4.10. The second-order valence-corrected chi connectivity index (χ2v) is 6.60. The van der Waals surface area contributed by atoms with Gasteiger partial charge in [-0.3, -0.25) is 4.79 Å². The van der Waals surface area contributed by atoms with E-state index in [4.69, 9.17) is 4.42 Å². The van der Waals surface area contributed by atoms with Crippen LogP contribution in [-0.4, -0.2) is 44.5 Å². The normalized spacial score (nSPS) is 20.0. The molecule has 3 heterocycles. The first-order valence-electron chi connectivity index (χ1n) is 8.61. The van der Waals surface area contributed by atoms with E-state index in [-0.39, 0.29) is 23.7 Å². The summed E-state index contributed by atoms with van der Waals surface area (Å²) in [5, 5.41) is 3.27. The third-order valence-electron chi connectivity index (χ3n) is 4.74. The smallest absolute Gasteiger partial charge is 0.295 e. The van der Waals surface area contributed by atoms with Gasteiger partial charge in [-0.1, -0.05) is 6.92 Å². The lowest BCUT2D eigenvalue weighted by molar-refractivity contribution is -0.129. The number of hydrogen-bond donors (Lipinski definition) is 1. The predicted molar refractivity (Wildman–Crippen MR) is 94.2 cm³/mol. The summed E-state index contributed by atoms with van der Waals surface area (Å²) in [7, 11) is 1.91. The number of anilines is 1. The number of nitrogens with one attached hydrogen (secondary N) is 1. The van der Waals surface area contributed by atoms with Gasteiger partial charge in [0.05, 0.1) is 18.1 Å². The van der Waals surface area contributed by atoms with E-state index in [0.717, 1.165) is 5.69 Å². The maximum Gasteiger partial charge on any atom is 0.295 e. The maximum atomic E-state index is 13.4. The van der Waals surface area contributed by atoms with Crippen LogP contribution in [0.3, 0.4) is 0 Å². The lowest BCUT2D eigenvalue weighted by Crippen LogP contribution is -2.31. The number of hydrogen-bond acceptors (Lipinski definition) is 5. The van der Waals surface area contributed by atoms with Crippen molar-refractivity contribution in [2.45, 2.75) is 25.3 Å². The van der Waals surface area contributed by atoms with Gasteiger partial charge in [0.1, 0.15) is 11.3 Å². The number of oxazole rings is 1. The van der Waals surface area contributed by atoms with Crippen LogP contribution in [0.5, 0.6) is 0 Å². The minimum Gasteiger partial charge on any atom is -0.424 e. The maximum absolute atomic E-state index is 13.4.